The van der Waals surface area contributed by atoms with E-state index in [2.05, 4.69) is 10.1 Å². The fraction of sp³-hybridized carbons (Fsp3) is 0.423. The van der Waals surface area contributed by atoms with Gasteiger partial charge in [-0.05, 0) is 55.5 Å². The van der Waals surface area contributed by atoms with Gasteiger partial charge in [-0.2, -0.15) is 4.98 Å². The molecule has 0 amide bonds. The van der Waals surface area contributed by atoms with Crippen molar-refractivity contribution in [3.8, 4) is 17.1 Å². The third-order valence-electron chi connectivity index (χ3n) is 6.39. The smallest absolute Gasteiger partial charge is 0.228 e. The number of hydrogen-bond donors (Lipinski definition) is 2. The molecule has 1 aliphatic rings. The van der Waals surface area contributed by atoms with E-state index in [1.54, 1.807) is 0 Å². The lowest BCUT2D eigenvalue weighted by Crippen LogP contribution is -2.40. The summed E-state index contributed by atoms with van der Waals surface area (Å²) in [6.07, 6.45) is 2.72. The number of nitrogens with zero attached hydrogens (tertiary/aromatic N) is 2. The van der Waals surface area contributed by atoms with E-state index < -0.39 is 11.5 Å². The molecule has 7 nitrogen and oxygen atoms in total. The predicted molar refractivity (Wildman–Crippen MR) is 123 cm³/mol. The van der Waals surface area contributed by atoms with Crippen LogP contribution in [0.1, 0.15) is 48.3 Å². The average Bonchev–Trinajstić information content (AvgIpc) is 3.28. The van der Waals surface area contributed by atoms with Crippen molar-refractivity contribution >= 4 is 5.78 Å². The van der Waals surface area contributed by atoms with Gasteiger partial charge in [-0.1, -0.05) is 41.9 Å². The van der Waals surface area contributed by atoms with Gasteiger partial charge in [0.25, 0.3) is 0 Å². The van der Waals surface area contributed by atoms with Gasteiger partial charge < -0.3 is 19.5 Å². The highest BCUT2D eigenvalue weighted by atomic mass is 16.5. The number of hydrogen-bond acceptors (Lipinski definition) is 7. The van der Waals surface area contributed by atoms with E-state index in [0.717, 1.165) is 41.5 Å². The molecule has 0 aliphatic heterocycles. The molecule has 1 heterocycles. The van der Waals surface area contributed by atoms with Gasteiger partial charge in [0.05, 0.1) is 12.0 Å². The zero-order valence-corrected chi connectivity index (χ0v) is 19.1. The van der Waals surface area contributed by atoms with E-state index in [1.807, 2.05) is 56.3 Å². The van der Waals surface area contributed by atoms with Gasteiger partial charge in [-0.3, -0.25) is 4.79 Å². The van der Waals surface area contributed by atoms with Gasteiger partial charge in [0.1, 0.15) is 24.2 Å². The number of Topliss-reactive ketones (excluding diaryl/α,β-unsaturated/α-hetero) is 1. The first-order valence-corrected chi connectivity index (χ1v) is 11.4. The molecule has 2 N–H and O–H groups in total. The minimum Gasteiger partial charge on any atom is -0.490 e. The van der Waals surface area contributed by atoms with E-state index in [0.29, 0.717) is 30.3 Å². The van der Waals surface area contributed by atoms with Crippen molar-refractivity contribution < 1.29 is 24.3 Å². The molecule has 0 radical (unpaired) electrons. The minimum atomic E-state index is -0.928. The number of carbonyl (C=O) groups excluding carboxylic acids is 1. The molecule has 1 fully saturated rings. The quantitative estimate of drug-likeness (QED) is 0.539. The van der Waals surface area contributed by atoms with Crippen LogP contribution in [0.4, 0.5) is 0 Å². The SMILES string of the molecule is Cc1cc(-c2noc(CC3(c4ccccc4)CCCCC3=O)n2)cc(C)c1OC[C@H](O)CO. The van der Waals surface area contributed by atoms with Crippen molar-refractivity contribution in [2.75, 3.05) is 13.2 Å². The molecule has 0 bridgehead atoms. The summed E-state index contributed by atoms with van der Waals surface area (Å²) in [4.78, 5) is 17.8. The zero-order chi connectivity index (χ0) is 23.4. The first kappa shape index (κ1) is 23.1. The molecule has 1 aliphatic carbocycles. The highest BCUT2D eigenvalue weighted by Gasteiger charge is 2.42. The van der Waals surface area contributed by atoms with Crippen LogP contribution in [0, 0.1) is 13.8 Å². The van der Waals surface area contributed by atoms with Gasteiger partial charge >= 0.3 is 0 Å². The number of aliphatic hydroxyl groups excluding tert-OH is 2. The molecule has 1 aromatic heterocycles. The Kier molecular flexibility index (Phi) is 6.91. The van der Waals surface area contributed by atoms with Crippen LogP contribution in [-0.4, -0.2) is 45.5 Å². The Labute approximate surface area is 193 Å². The van der Waals surface area contributed by atoms with E-state index >= 15 is 0 Å². The largest absolute Gasteiger partial charge is 0.490 e. The lowest BCUT2D eigenvalue weighted by atomic mass is 9.66. The van der Waals surface area contributed by atoms with E-state index in [4.69, 9.17) is 14.4 Å². The second kappa shape index (κ2) is 9.85. The van der Waals surface area contributed by atoms with Gasteiger partial charge in [0.2, 0.25) is 11.7 Å². The van der Waals surface area contributed by atoms with Crippen LogP contribution in [0.25, 0.3) is 11.4 Å². The van der Waals surface area contributed by atoms with Crippen molar-refractivity contribution in [2.24, 2.45) is 0 Å². The highest BCUT2D eigenvalue weighted by molar-refractivity contribution is 5.91. The third-order valence-corrected chi connectivity index (χ3v) is 6.39. The molecule has 4 rings (SSSR count). The van der Waals surface area contributed by atoms with Crippen LogP contribution in [0.15, 0.2) is 47.0 Å². The number of aliphatic hydroxyl groups is 2. The highest BCUT2D eigenvalue weighted by Crippen LogP contribution is 2.40. The molecule has 33 heavy (non-hydrogen) atoms. The molecule has 1 unspecified atom stereocenters. The minimum absolute atomic E-state index is 0.0134. The number of ketones is 1. The Hall–Kier alpha value is -3.03. The summed E-state index contributed by atoms with van der Waals surface area (Å²) in [5.41, 5.74) is 2.90. The van der Waals surface area contributed by atoms with Crippen LogP contribution in [0.2, 0.25) is 0 Å². The average molecular weight is 451 g/mol. The third kappa shape index (κ3) is 4.84. The second-order valence-electron chi connectivity index (χ2n) is 8.85. The number of rotatable bonds is 8. The molecule has 2 atom stereocenters. The molecule has 174 valence electrons. The predicted octanol–water partition coefficient (Wildman–Crippen LogP) is 3.71. The molecule has 0 saturated heterocycles. The van der Waals surface area contributed by atoms with Crippen molar-refractivity contribution in [2.45, 2.75) is 57.5 Å². The van der Waals surface area contributed by atoms with Crippen LogP contribution in [0.3, 0.4) is 0 Å². The van der Waals surface area contributed by atoms with Gasteiger partial charge in [-0.15, -0.1) is 0 Å². The number of aromatic nitrogens is 2. The molecule has 3 aromatic rings. The molecule has 2 aromatic carbocycles. The molecule has 1 saturated carbocycles. The summed E-state index contributed by atoms with van der Waals surface area (Å²) < 4.78 is 11.3. The first-order chi connectivity index (χ1) is 15.9. The summed E-state index contributed by atoms with van der Waals surface area (Å²) in [6, 6.07) is 13.7. The zero-order valence-electron chi connectivity index (χ0n) is 19.1. The maximum absolute atomic E-state index is 13.1. The monoisotopic (exact) mass is 450 g/mol. The van der Waals surface area contributed by atoms with Crippen LogP contribution in [0.5, 0.6) is 5.75 Å². The lowest BCUT2D eigenvalue weighted by molar-refractivity contribution is -0.126. The summed E-state index contributed by atoms with van der Waals surface area (Å²) in [5.74, 6) is 1.80. The second-order valence-corrected chi connectivity index (χ2v) is 8.85. The first-order valence-electron chi connectivity index (χ1n) is 11.4. The fourth-order valence-corrected chi connectivity index (χ4v) is 4.68. The van der Waals surface area contributed by atoms with Crippen LogP contribution >= 0.6 is 0 Å². The summed E-state index contributed by atoms with van der Waals surface area (Å²) in [5, 5.41) is 22.7. The standard InChI is InChI=1S/C26H30N2O5/c1-17-12-19(13-18(2)24(17)32-16-21(30)15-29)25-27-23(33-28-25)14-26(11-7-6-10-22(26)31)20-8-4-3-5-9-20/h3-5,8-9,12-13,21,29-30H,6-7,10-11,14-16H2,1-2H3/t21-,26?/m1/s1. The van der Waals surface area contributed by atoms with Crippen molar-refractivity contribution in [1.82, 2.24) is 10.1 Å². The Morgan fingerprint density at radius 2 is 1.88 bits per heavy atom. The van der Waals surface area contributed by atoms with Gasteiger partial charge in [-0.25, -0.2) is 0 Å². The Morgan fingerprint density at radius 3 is 2.55 bits per heavy atom. The maximum Gasteiger partial charge on any atom is 0.228 e. The summed E-state index contributed by atoms with van der Waals surface area (Å²) in [6.45, 7) is 3.47. The molecule has 7 heteroatoms. The Bertz CT molecular complexity index is 1090. The molecular formula is C26H30N2O5. The van der Waals surface area contributed by atoms with Crippen LogP contribution in [-0.2, 0) is 16.6 Å². The number of carbonyl (C=O) groups is 1. The maximum atomic E-state index is 13.1. The molecular weight excluding hydrogens is 420 g/mol. The van der Waals surface area contributed by atoms with Crippen LogP contribution < -0.4 is 4.74 Å². The van der Waals surface area contributed by atoms with Gasteiger partial charge in [0.15, 0.2) is 0 Å². The number of aryl methyl sites for hydroxylation is 2. The van der Waals surface area contributed by atoms with Gasteiger partial charge in [0, 0.05) is 18.4 Å². The van der Waals surface area contributed by atoms with Crippen molar-refractivity contribution in [3.05, 3.63) is 65.0 Å². The Morgan fingerprint density at radius 1 is 1.15 bits per heavy atom. The van der Waals surface area contributed by atoms with E-state index in [9.17, 15) is 9.90 Å². The van der Waals surface area contributed by atoms with E-state index in [1.165, 1.54) is 0 Å². The Balaban J connectivity index is 1.59. The van der Waals surface area contributed by atoms with Crippen molar-refractivity contribution in [3.63, 3.8) is 0 Å². The normalized spacial score (nSPS) is 19.5. The topological polar surface area (TPSA) is 106 Å². The van der Waals surface area contributed by atoms with E-state index in [-0.39, 0.29) is 19.0 Å². The fourth-order valence-electron chi connectivity index (χ4n) is 4.68. The molecule has 0 spiro atoms. The summed E-state index contributed by atoms with van der Waals surface area (Å²) in [7, 11) is 0. The lowest BCUT2D eigenvalue weighted by Gasteiger charge is -2.35. The number of ether oxygens (including phenoxy) is 1. The number of benzene rings is 2. The van der Waals surface area contributed by atoms with Crippen molar-refractivity contribution in [1.29, 1.82) is 0 Å². The summed E-state index contributed by atoms with van der Waals surface area (Å²) >= 11 is 0.